The van der Waals surface area contributed by atoms with Crippen molar-refractivity contribution in [3.63, 3.8) is 0 Å². The van der Waals surface area contributed by atoms with Crippen LogP contribution >= 0.6 is 0 Å². The van der Waals surface area contributed by atoms with Crippen molar-refractivity contribution in [3.8, 4) is 6.07 Å². The van der Waals surface area contributed by atoms with Gasteiger partial charge < -0.3 is 10.4 Å². The van der Waals surface area contributed by atoms with Crippen LogP contribution in [0.3, 0.4) is 0 Å². The van der Waals surface area contributed by atoms with E-state index in [9.17, 15) is 24.8 Å². The number of carboxylic acids is 1. The summed E-state index contributed by atoms with van der Waals surface area (Å²) in [5, 5.41) is 26.0. The molecule has 27 heavy (non-hydrogen) atoms. The molecule has 1 aliphatic carbocycles. The molecule has 0 radical (unpaired) electrons. The monoisotopic (exact) mass is 368 g/mol. The summed E-state index contributed by atoms with van der Waals surface area (Å²) in [5.41, 5.74) is -1.79. The third kappa shape index (κ3) is 3.40. The first-order valence-electron chi connectivity index (χ1n) is 8.87. The molecule has 1 atom stereocenters. The van der Waals surface area contributed by atoms with E-state index in [4.69, 9.17) is 0 Å². The van der Waals surface area contributed by atoms with Gasteiger partial charge in [0.2, 0.25) is 5.91 Å². The minimum atomic E-state index is -1.28. The lowest BCUT2D eigenvalue weighted by molar-refractivity contribution is -0.126. The molecule has 1 aromatic carbocycles. The van der Waals surface area contributed by atoms with Gasteiger partial charge in [-0.15, -0.1) is 0 Å². The van der Waals surface area contributed by atoms with Crippen LogP contribution in [0, 0.1) is 11.3 Å². The molecule has 2 N–H and O–H groups in total. The molecule has 1 saturated carbocycles. The van der Waals surface area contributed by atoms with E-state index in [-0.39, 0.29) is 16.5 Å². The zero-order valence-corrected chi connectivity index (χ0v) is 14.9. The van der Waals surface area contributed by atoms with Crippen LogP contribution in [0.5, 0.6) is 0 Å². The van der Waals surface area contributed by atoms with E-state index >= 15 is 0 Å². The number of carbonyl (C=O) groups is 2. The quantitative estimate of drug-likeness (QED) is 0.850. The van der Waals surface area contributed by atoms with Gasteiger partial charge in [-0.05, 0) is 25.8 Å². The number of carbonyl (C=O) groups excluding carboxylic acids is 1. The molecular weight excluding hydrogens is 348 g/mol. The van der Waals surface area contributed by atoms with Crippen LogP contribution in [-0.2, 0) is 4.79 Å². The lowest BCUT2D eigenvalue weighted by Gasteiger charge is -2.32. The van der Waals surface area contributed by atoms with Crippen molar-refractivity contribution in [2.45, 2.75) is 50.6 Å². The van der Waals surface area contributed by atoms with Gasteiger partial charge >= 0.3 is 5.97 Å². The summed E-state index contributed by atoms with van der Waals surface area (Å²) >= 11 is 0. The van der Waals surface area contributed by atoms with E-state index in [1.54, 1.807) is 12.1 Å². The molecule has 0 aliphatic heterocycles. The van der Waals surface area contributed by atoms with E-state index in [0.29, 0.717) is 12.8 Å². The number of nitrogens with zero attached hydrogens (tertiary/aromatic N) is 3. The van der Waals surface area contributed by atoms with Gasteiger partial charge in [-0.2, -0.15) is 10.4 Å². The van der Waals surface area contributed by atoms with Crippen LogP contribution in [0.25, 0.3) is 10.8 Å². The Morgan fingerprint density at radius 1 is 1.26 bits per heavy atom. The predicted molar refractivity (Wildman–Crippen MR) is 97.2 cm³/mol. The molecule has 1 heterocycles. The third-order valence-corrected chi connectivity index (χ3v) is 5.06. The summed E-state index contributed by atoms with van der Waals surface area (Å²) in [6.07, 6.45) is 3.83. The van der Waals surface area contributed by atoms with Gasteiger partial charge in [0.1, 0.15) is 11.6 Å². The van der Waals surface area contributed by atoms with Gasteiger partial charge in [-0.25, -0.2) is 9.48 Å². The van der Waals surface area contributed by atoms with Crippen molar-refractivity contribution >= 4 is 22.6 Å². The van der Waals surface area contributed by atoms with E-state index < -0.39 is 29.0 Å². The summed E-state index contributed by atoms with van der Waals surface area (Å²) in [6, 6.07) is 7.40. The van der Waals surface area contributed by atoms with E-state index in [2.05, 4.69) is 16.5 Å². The topological polar surface area (TPSA) is 125 Å². The molecule has 140 valence electrons. The number of amides is 1. The molecule has 0 spiro atoms. The fourth-order valence-electron chi connectivity index (χ4n) is 3.50. The Bertz CT molecular complexity index is 999. The van der Waals surface area contributed by atoms with Crippen molar-refractivity contribution in [1.82, 2.24) is 15.1 Å². The second-order valence-corrected chi connectivity index (χ2v) is 6.87. The van der Waals surface area contributed by atoms with Crippen LogP contribution in [0.15, 0.2) is 29.1 Å². The van der Waals surface area contributed by atoms with Gasteiger partial charge in [-0.1, -0.05) is 37.5 Å². The summed E-state index contributed by atoms with van der Waals surface area (Å²) < 4.78 is 0.884. The highest BCUT2D eigenvalue weighted by Crippen LogP contribution is 2.28. The summed E-state index contributed by atoms with van der Waals surface area (Å²) in [6.45, 7) is 1.47. The number of nitrogens with one attached hydrogen (secondary N) is 1. The Kier molecular flexibility index (Phi) is 4.95. The zero-order chi connectivity index (χ0) is 19.6. The number of aromatic nitrogens is 2. The highest BCUT2D eigenvalue weighted by molar-refractivity contribution is 6.01. The van der Waals surface area contributed by atoms with Crippen molar-refractivity contribution in [2.75, 3.05) is 0 Å². The van der Waals surface area contributed by atoms with Crippen molar-refractivity contribution in [2.24, 2.45) is 0 Å². The molecule has 1 unspecified atom stereocenters. The van der Waals surface area contributed by atoms with Crippen LogP contribution in [0.2, 0.25) is 0 Å². The normalized spacial score (nSPS) is 17.0. The number of nitriles is 1. The first-order chi connectivity index (χ1) is 12.9. The van der Waals surface area contributed by atoms with Crippen LogP contribution in [-0.4, -0.2) is 32.3 Å². The maximum atomic E-state index is 12.8. The summed E-state index contributed by atoms with van der Waals surface area (Å²) in [7, 11) is 0. The molecule has 1 amide bonds. The molecule has 2 aromatic rings. The minimum Gasteiger partial charge on any atom is -0.476 e. The van der Waals surface area contributed by atoms with E-state index in [1.807, 2.05) is 0 Å². The number of aromatic carboxylic acids is 1. The first kappa shape index (κ1) is 18.6. The Balaban J connectivity index is 2.00. The van der Waals surface area contributed by atoms with Crippen LogP contribution in [0.4, 0.5) is 0 Å². The summed E-state index contributed by atoms with van der Waals surface area (Å²) in [5.74, 6) is -1.81. The second-order valence-electron chi connectivity index (χ2n) is 6.87. The van der Waals surface area contributed by atoms with Gasteiger partial charge in [0.05, 0.1) is 11.5 Å². The van der Waals surface area contributed by atoms with Gasteiger partial charge in [-0.3, -0.25) is 9.59 Å². The van der Waals surface area contributed by atoms with Gasteiger partial charge in [0, 0.05) is 5.39 Å². The average molecular weight is 368 g/mol. The standard InChI is InChI=1S/C19H20N4O4/c1-12(16(24)21-19(11-20)9-5-2-6-10-19)23-17(25)14-8-4-3-7-13(14)15(22-23)18(26)27/h3-4,7-8,12H,2,5-6,9-10H2,1H3,(H,21,24)(H,26,27). The molecule has 1 aromatic heterocycles. The Morgan fingerprint density at radius 2 is 1.89 bits per heavy atom. The van der Waals surface area contributed by atoms with Crippen molar-refractivity contribution in [3.05, 3.63) is 40.3 Å². The highest BCUT2D eigenvalue weighted by Gasteiger charge is 2.35. The third-order valence-electron chi connectivity index (χ3n) is 5.06. The number of benzene rings is 1. The first-order valence-corrected chi connectivity index (χ1v) is 8.87. The SMILES string of the molecule is CC(C(=O)NC1(C#N)CCCCC1)n1nc(C(=O)O)c2ccccc2c1=O. The molecule has 0 bridgehead atoms. The Hall–Kier alpha value is -3.21. The lowest BCUT2D eigenvalue weighted by atomic mass is 9.82. The lowest BCUT2D eigenvalue weighted by Crippen LogP contribution is -2.51. The Labute approximate surface area is 155 Å². The van der Waals surface area contributed by atoms with Gasteiger partial charge in [0.15, 0.2) is 5.69 Å². The number of hydrogen-bond donors (Lipinski definition) is 2. The fraction of sp³-hybridized carbons (Fsp3) is 0.421. The van der Waals surface area contributed by atoms with Crippen molar-refractivity contribution < 1.29 is 14.7 Å². The van der Waals surface area contributed by atoms with E-state index in [1.165, 1.54) is 19.1 Å². The molecule has 1 fully saturated rings. The molecule has 8 nitrogen and oxygen atoms in total. The van der Waals surface area contributed by atoms with E-state index in [0.717, 1.165) is 23.9 Å². The molecule has 0 saturated heterocycles. The number of hydrogen-bond acceptors (Lipinski definition) is 5. The second kappa shape index (κ2) is 7.19. The minimum absolute atomic E-state index is 0.178. The average Bonchev–Trinajstić information content (AvgIpc) is 2.68. The van der Waals surface area contributed by atoms with Crippen LogP contribution in [0.1, 0.15) is 55.6 Å². The van der Waals surface area contributed by atoms with Gasteiger partial charge in [0.25, 0.3) is 5.56 Å². The maximum Gasteiger partial charge on any atom is 0.357 e. The highest BCUT2D eigenvalue weighted by atomic mass is 16.4. The maximum absolute atomic E-state index is 12.8. The largest absolute Gasteiger partial charge is 0.476 e. The number of rotatable bonds is 4. The van der Waals surface area contributed by atoms with Crippen LogP contribution < -0.4 is 10.9 Å². The summed E-state index contributed by atoms with van der Waals surface area (Å²) in [4.78, 5) is 37.1. The smallest absolute Gasteiger partial charge is 0.357 e. The number of carboxylic acid groups (broad SMARTS) is 1. The molecular formula is C19H20N4O4. The zero-order valence-electron chi connectivity index (χ0n) is 14.9. The van der Waals surface area contributed by atoms with Crippen molar-refractivity contribution in [1.29, 1.82) is 5.26 Å². The number of fused-ring (bicyclic) bond motifs is 1. The fourth-order valence-corrected chi connectivity index (χ4v) is 3.50. The predicted octanol–water partition coefficient (Wildman–Crippen LogP) is 2.00. The Morgan fingerprint density at radius 3 is 2.48 bits per heavy atom. The molecule has 1 aliphatic rings. The molecule has 3 rings (SSSR count). The molecule has 8 heteroatoms.